The van der Waals surface area contributed by atoms with E-state index in [4.69, 9.17) is 21.2 Å². The first-order chi connectivity index (χ1) is 15.0. The Hall–Kier alpha value is -2.93. The summed E-state index contributed by atoms with van der Waals surface area (Å²) in [6.45, 7) is 0. The number of anilines is 1. The highest BCUT2D eigenvalue weighted by Gasteiger charge is 2.70. The monoisotopic (exact) mass is 440 g/mol. The second-order valence-electron chi connectivity index (χ2n) is 8.53. The van der Waals surface area contributed by atoms with E-state index in [0.29, 0.717) is 5.69 Å². The molecule has 31 heavy (non-hydrogen) atoms. The molecular formula is C23H18ClFN2O4. The fraction of sp³-hybridized carbons (Fsp3) is 0.348. The van der Waals surface area contributed by atoms with E-state index in [1.54, 1.807) is 7.11 Å². The highest BCUT2D eigenvalue weighted by atomic mass is 35.5. The molecule has 3 fully saturated rings. The fourth-order valence-electron chi connectivity index (χ4n) is 6.00. The Morgan fingerprint density at radius 1 is 1.06 bits per heavy atom. The number of methoxy groups -OCH3 is 1. The number of ether oxygens (including phenoxy) is 1. The quantitative estimate of drug-likeness (QED) is 0.683. The summed E-state index contributed by atoms with van der Waals surface area (Å²) < 4.78 is 18.8. The predicted molar refractivity (Wildman–Crippen MR) is 110 cm³/mol. The summed E-state index contributed by atoms with van der Waals surface area (Å²) in [5, 5.41) is 4.22. The molecule has 1 saturated heterocycles. The Balaban J connectivity index is 1.33. The molecule has 4 aliphatic rings. The number of oxime groups is 1. The van der Waals surface area contributed by atoms with E-state index < -0.39 is 17.7 Å². The first-order valence-corrected chi connectivity index (χ1v) is 10.6. The van der Waals surface area contributed by atoms with Gasteiger partial charge in [0.2, 0.25) is 11.8 Å². The van der Waals surface area contributed by atoms with Gasteiger partial charge in [-0.3, -0.25) is 9.59 Å². The number of fused-ring (bicyclic) bond motifs is 8. The summed E-state index contributed by atoms with van der Waals surface area (Å²) in [5.41, 5.74) is 2.06. The standard InChI is InChI=1S/C23H18ClFN2O4/c1-30-12-5-2-10(3-6-12)20-19-13-9-14(21(19)31-26-20)18-17(13)22(28)27(23(18)29)11-4-7-16(25)15(24)8-11/h2-8,13-14,17-19,21H,9H2,1H3/t13-,14+,17-,18+,19-,21-/m1/s1. The summed E-state index contributed by atoms with van der Waals surface area (Å²) in [5.74, 6) is -1.34. The summed E-state index contributed by atoms with van der Waals surface area (Å²) in [6.07, 6.45) is 0.548. The van der Waals surface area contributed by atoms with Crippen LogP contribution in [-0.4, -0.2) is 30.7 Å². The summed E-state index contributed by atoms with van der Waals surface area (Å²) >= 11 is 5.90. The van der Waals surface area contributed by atoms with Crippen LogP contribution in [-0.2, 0) is 14.4 Å². The number of nitrogens with zero attached hydrogens (tertiary/aromatic N) is 2. The summed E-state index contributed by atoms with van der Waals surface area (Å²) in [7, 11) is 1.61. The third kappa shape index (κ3) is 2.47. The van der Waals surface area contributed by atoms with Crippen molar-refractivity contribution in [2.45, 2.75) is 12.5 Å². The van der Waals surface area contributed by atoms with Gasteiger partial charge >= 0.3 is 0 Å². The third-order valence-electron chi connectivity index (χ3n) is 7.24. The Kier molecular flexibility index (Phi) is 3.96. The van der Waals surface area contributed by atoms with Crippen molar-refractivity contribution >= 4 is 34.8 Å². The van der Waals surface area contributed by atoms with E-state index in [2.05, 4.69) is 5.16 Å². The Labute approximate surface area is 182 Å². The molecule has 0 spiro atoms. The Bertz CT molecular complexity index is 1150. The molecule has 6 atom stereocenters. The summed E-state index contributed by atoms with van der Waals surface area (Å²) in [6, 6.07) is 11.5. The van der Waals surface area contributed by atoms with E-state index in [-0.39, 0.29) is 40.7 Å². The van der Waals surface area contributed by atoms with Gasteiger partial charge in [-0.1, -0.05) is 16.8 Å². The summed E-state index contributed by atoms with van der Waals surface area (Å²) in [4.78, 5) is 33.6. The molecule has 2 aliphatic heterocycles. The van der Waals surface area contributed by atoms with Crippen LogP contribution in [0.2, 0.25) is 5.02 Å². The molecule has 0 aromatic heterocycles. The van der Waals surface area contributed by atoms with Crippen LogP contribution in [0.4, 0.5) is 10.1 Å². The normalized spacial score (nSPS) is 32.7. The predicted octanol–water partition coefficient (Wildman–Crippen LogP) is 3.66. The van der Waals surface area contributed by atoms with Crippen molar-refractivity contribution in [2.24, 2.45) is 34.7 Å². The van der Waals surface area contributed by atoms with Crippen LogP contribution >= 0.6 is 11.6 Å². The van der Waals surface area contributed by atoms with Crippen LogP contribution in [0.5, 0.6) is 5.75 Å². The Morgan fingerprint density at radius 3 is 2.45 bits per heavy atom. The number of halogens is 2. The van der Waals surface area contributed by atoms with Crippen LogP contribution in [0, 0.1) is 35.4 Å². The highest BCUT2D eigenvalue weighted by molar-refractivity contribution is 6.31. The number of amides is 2. The second kappa shape index (κ2) is 6.53. The van der Waals surface area contributed by atoms with Crippen LogP contribution in [0.1, 0.15) is 12.0 Å². The average molecular weight is 441 g/mol. The number of imide groups is 1. The molecule has 2 aromatic rings. The maximum absolute atomic E-state index is 13.6. The molecule has 2 bridgehead atoms. The lowest BCUT2D eigenvalue weighted by Gasteiger charge is -2.29. The first kappa shape index (κ1) is 18.8. The van der Waals surface area contributed by atoms with Crippen LogP contribution in [0.3, 0.4) is 0 Å². The molecule has 2 amide bonds. The number of rotatable bonds is 3. The van der Waals surface area contributed by atoms with E-state index in [1.807, 2.05) is 24.3 Å². The van der Waals surface area contributed by atoms with Crippen molar-refractivity contribution in [1.82, 2.24) is 0 Å². The number of hydrogen-bond donors (Lipinski definition) is 0. The average Bonchev–Trinajstić information content (AvgIpc) is 3.51. The fourth-order valence-corrected chi connectivity index (χ4v) is 6.18. The molecule has 6 rings (SSSR count). The SMILES string of the molecule is COc1ccc(C2=NO[C@@H]3[C@H]4C[C@H]([C@H]5C(=O)N(c6ccc(F)c(Cl)c6)C(=O)[C@@H]45)[C@H]23)cc1. The zero-order valence-corrected chi connectivity index (χ0v) is 17.3. The molecule has 2 aromatic carbocycles. The van der Waals surface area contributed by atoms with Gasteiger partial charge < -0.3 is 9.57 Å². The number of hydrogen-bond acceptors (Lipinski definition) is 5. The zero-order chi connectivity index (χ0) is 21.4. The lowest BCUT2D eigenvalue weighted by Crippen LogP contribution is -2.41. The van der Waals surface area contributed by atoms with Crippen molar-refractivity contribution in [3.8, 4) is 5.75 Å². The van der Waals surface area contributed by atoms with E-state index >= 15 is 0 Å². The van der Waals surface area contributed by atoms with E-state index in [9.17, 15) is 14.0 Å². The van der Waals surface area contributed by atoms with Gasteiger partial charge in [0.25, 0.3) is 0 Å². The van der Waals surface area contributed by atoms with E-state index in [1.165, 1.54) is 23.1 Å². The number of carbonyl (C=O) groups is 2. The molecule has 0 N–H and O–H groups in total. The van der Waals surface area contributed by atoms with Gasteiger partial charge in [0.15, 0.2) is 0 Å². The minimum Gasteiger partial charge on any atom is -0.497 e. The first-order valence-electron chi connectivity index (χ1n) is 10.2. The zero-order valence-electron chi connectivity index (χ0n) is 16.5. The van der Waals surface area contributed by atoms with E-state index in [0.717, 1.165) is 23.4 Å². The lowest BCUT2D eigenvalue weighted by atomic mass is 9.71. The van der Waals surface area contributed by atoms with Crippen molar-refractivity contribution in [3.63, 3.8) is 0 Å². The largest absolute Gasteiger partial charge is 0.497 e. The van der Waals surface area contributed by atoms with Crippen LogP contribution < -0.4 is 9.64 Å². The van der Waals surface area contributed by atoms with Gasteiger partial charge in [-0.05, 0) is 54.8 Å². The van der Waals surface area contributed by atoms with Crippen LogP contribution in [0.15, 0.2) is 47.6 Å². The van der Waals surface area contributed by atoms with Crippen molar-refractivity contribution in [3.05, 3.63) is 58.9 Å². The van der Waals surface area contributed by atoms with Gasteiger partial charge in [0, 0.05) is 17.4 Å². The van der Waals surface area contributed by atoms with Gasteiger partial charge in [-0.2, -0.15) is 0 Å². The van der Waals surface area contributed by atoms with Gasteiger partial charge in [-0.15, -0.1) is 0 Å². The third-order valence-corrected chi connectivity index (χ3v) is 7.53. The van der Waals surface area contributed by atoms with Crippen LogP contribution in [0.25, 0.3) is 0 Å². The highest BCUT2D eigenvalue weighted by Crippen LogP contribution is 2.62. The number of benzene rings is 2. The molecule has 2 aliphatic carbocycles. The minimum atomic E-state index is -0.590. The van der Waals surface area contributed by atoms with Gasteiger partial charge in [0.1, 0.15) is 17.7 Å². The molecule has 2 saturated carbocycles. The van der Waals surface area contributed by atoms with Gasteiger partial charge in [-0.25, -0.2) is 9.29 Å². The molecule has 2 heterocycles. The number of carbonyl (C=O) groups excluding carboxylic acids is 2. The smallest absolute Gasteiger partial charge is 0.238 e. The molecule has 0 radical (unpaired) electrons. The van der Waals surface area contributed by atoms with Gasteiger partial charge in [0.05, 0.1) is 35.4 Å². The Morgan fingerprint density at radius 2 is 1.77 bits per heavy atom. The molecule has 0 unspecified atom stereocenters. The maximum atomic E-state index is 13.6. The topological polar surface area (TPSA) is 68.2 Å². The molecule has 158 valence electrons. The maximum Gasteiger partial charge on any atom is 0.238 e. The van der Waals surface area contributed by atoms with Crippen molar-refractivity contribution < 1.29 is 23.6 Å². The molecular weight excluding hydrogens is 423 g/mol. The van der Waals surface area contributed by atoms with Crippen molar-refractivity contribution in [1.29, 1.82) is 0 Å². The second-order valence-corrected chi connectivity index (χ2v) is 8.93. The minimum absolute atomic E-state index is 0.0271. The molecule has 6 nitrogen and oxygen atoms in total. The molecule has 8 heteroatoms. The lowest BCUT2D eigenvalue weighted by molar-refractivity contribution is -0.125. The van der Waals surface area contributed by atoms with Crippen molar-refractivity contribution in [2.75, 3.05) is 12.0 Å².